The van der Waals surface area contributed by atoms with E-state index in [2.05, 4.69) is 5.32 Å². The summed E-state index contributed by atoms with van der Waals surface area (Å²) < 4.78 is 31.6. The largest absolute Gasteiger partial charge is 0.496 e. The summed E-state index contributed by atoms with van der Waals surface area (Å²) in [5, 5.41) is 2.67. The van der Waals surface area contributed by atoms with Gasteiger partial charge in [-0.1, -0.05) is 18.2 Å². The van der Waals surface area contributed by atoms with Gasteiger partial charge >= 0.3 is 0 Å². The van der Waals surface area contributed by atoms with Crippen LogP contribution in [0.3, 0.4) is 0 Å². The quantitative estimate of drug-likeness (QED) is 0.936. The van der Waals surface area contributed by atoms with Crippen molar-refractivity contribution in [2.75, 3.05) is 7.11 Å². The molecule has 21 heavy (non-hydrogen) atoms. The molecule has 0 bridgehead atoms. The zero-order valence-corrected chi connectivity index (χ0v) is 11.7. The summed E-state index contributed by atoms with van der Waals surface area (Å²) in [5.41, 5.74) is 0.578. The SMILES string of the molecule is COc1ccccc1[C@H](C)NC(=O)c1ccc(F)cc1F. The fourth-order valence-corrected chi connectivity index (χ4v) is 2.05. The lowest BCUT2D eigenvalue weighted by atomic mass is 10.1. The third-order valence-electron chi connectivity index (χ3n) is 3.13. The van der Waals surface area contributed by atoms with Gasteiger partial charge in [-0.3, -0.25) is 4.79 Å². The van der Waals surface area contributed by atoms with Crippen LogP contribution in [-0.4, -0.2) is 13.0 Å². The van der Waals surface area contributed by atoms with Crippen LogP contribution in [0.1, 0.15) is 28.9 Å². The predicted molar refractivity (Wildman–Crippen MR) is 75.2 cm³/mol. The second kappa shape index (κ2) is 6.35. The van der Waals surface area contributed by atoms with Crippen molar-refractivity contribution in [2.24, 2.45) is 0 Å². The summed E-state index contributed by atoms with van der Waals surface area (Å²) in [7, 11) is 1.53. The molecule has 0 aliphatic rings. The van der Waals surface area contributed by atoms with Crippen LogP contribution >= 0.6 is 0 Å². The van der Waals surface area contributed by atoms with Gasteiger partial charge in [0.05, 0.1) is 18.7 Å². The number of nitrogens with one attached hydrogen (secondary N) is 1. The maximum atomic E-state index is 13.6. The van der Waals surface area contributed by atoms with Gasteiger partial charge in [-0.05, 0) is 25.1 Å². The molecule has 110 valence electrons. The number of hydrogen-bond donors (Lipinski definition) is 1. The molecule has 0 saturated carbocycles. The van der Waals surface area contributed by atoms with Crippen LogP contribution < -0.4 is 10.1 Å². The van der Waals surface area contributed by atoms with Gasteiger partial charge in [0.2, 0.25) is 0 Å². The molecule has 0 unspecified atom stereocenters. The minimum atomic E-state index is -0.889. The predicted octanol–water partition coefficient (Wildman–Crippen LogP) is 3.46. The fourth-order valence-electron chi connectivity index (χ4n) is 2.05. The molecule has 0 heterocycles. The van der Waals surface area contributed by atoms with Gasteiger partial charge in [-0.15, -0.1) is 0 Å². The topological polar surface area (TPSA) is 38.3 Å². The molecule has 0 fully saturated rings. The Hall–Kier alpha value is -2.43. The lowest BCUT2D eigenvalue weighted by Crippen LogP contribution is -2.27. The van der Waals surface area contributed by atoms with E-state index in [1.54, 1.807) is 13.0 Å². The van der Waals surface area contributed by atoms with Crippen molar-refractivity contribution < 1.29 is 18.3 Å². The van der Waals surface area contributed by atoms with Gasteiger partial charge in [-0.25, -0.2) is 8.78 Å². The number of ether oxygens (including phenoxy) is 1. The van der Waals surface area contributed by atoms with E-state index in [0.29, 0.717) is 11.8 Å². The molecule has 3 nitrogen and oxygen atoms in total. The summed E-state index contributed by atoms with van der Waals surface area (Å²) in [5.74, 6) is -1.59. The average Bonchev–Trinajstić information content (AvgIpc) is 2.46. The molecule has 1 amide bonds. The van der Waals surface area contributed by atoms with E-state index < -0.39 is 17.5 Å². The fraction of sp³-hybridized carbons (Fsp3) is 0.188. The highest BCUT2D eigenvalue weighted by Crippen LogP contribution is 2.24. The smallest absolute Gasteiger partial charge is 0.254 e. The molecule has 1 N–H and O–H groups in total. The Morgan fingerprint density at radius 3 is 2.57 bits per heavy atom. The Morgan fingerprint density at radius 2 is 1.90 bits per heavy atom. The first-order valence-electron chi connectivity index (χ1n) is 6.41. The third-order valence-corrected chi connectivity index (χ3v) is 3.13. The second-order valence-electron chi connectivity index (χ2n) is 4.56. The van der Waals surface area contributed by atoms with Crippen LogP contribution in [0.4, 0.5) is 8.78 Å². The molecule has 0 aromatic heterocycles. The normalized spacial score (nSPS) is 11.8. The van der Waals surface area contributed by atoms with Crippen LogP contribution in [-0.2, 0) is 0 Å². The van der Waals surface area contributed by atoms with Gasteiger partial charge in [0.25, 0.3) is 5.91 Å². The van der Waals surface area contributed by atoms with Gasteiger partial charge in [-0.2, -0.15) is 0 Å². The molecule has 0 saturated heterocycles. The van der Waals surface area contributed by atoms with Crippen molar-refractivity contribution in [2.45, 2.75) is 13.0 Å². The molecule has 0 aliphatic carbocycles. The van der Waals surface area contributed by atoms with Crippen molar-refractivity contribution in [1.29, 1.82) is 0 Å². The van der Waals surface area contributed by atoms with E-state index >= 15 is 0 Å². The molecule has 2 rings (SSSR count). The molecule has 2 aromatic carbocycles. The number of amides is 1. The van der Waals surface area contributed by atoms with E-state index in [9.17, 15) is 13.6 Å². The average molecular weight is 291 g/mol. The first-order chi connectivity index (χ1) is 10.0. The number of hydrogen-bond acceptors (Lipinski definition) is 2. The van der Waals surface area contributed by atoms with Gasteiger partial charge in [0.1, 0.15) is 17.4 Å². The summed E-state index contributed by atoms with van der Waals surface area (Å²) in [6, 6.07) is 9.69. The van der Waals surface area contributed by atoms with Gasteiger partial charge in [0.15, 0.2) is 0 Å². The van der Waals surface area contributed by atoms with Crippen LogP contribution in [0.15, 0.2) is 42.5 Å². The third kappa shape index (κ3) is 3.37. The van der Waals surface area contributed by atoms with Gasteiger partial charge < -0.3 is 10.1 Å². The monoisotopic (exact) mass is 291 g/mol. The molecule has 0 aliphatic heterocycles. The lowest BCUT2D eigenvalue weighted by Gasteiger charge is -2.17. The molecular formula is C16H15F2NO2. The standard InChI is InChI=1S/C16H15F2NO2/c1-10(12-5-3-4-6-15(12)21-2)19-16(20)13-8-7-11(17)9-14(13)18/h3-10H,1-2H3,(H,19,20)/t10-/m0/s1. The van der Waals surface area contributed by atoms with Crippen LogP contribution in [0, 0.1) is 11.6 Å². The summed E-state index contributed by atoms with van der Waals surface area (Å²) >= 11 is 0. The van der Waals surface area contributed by atoms with E-state index in [0.717, 1.165) is 17.7 Å². The van der Waals surface area contributed by atoms with E-state index in [-0.39, 0.29) is 11.6 Å². The molecule has 2 aromatic rings. The van der Waals surface area contributed by atoms with Crippen LogP contribution in [0.2, 0.25) is 0 Å². The van der Waals surface area contributed by atoms with Crippen molar-refractivity contribution in [3.8, 4) is 5.75 Å². The Morgan fingerprint density at radius 1 is 1.19 bits per heavy atom. The first-order valence-corrected chi connectivity index (χ1v) is 6.41. The van der Waals surface area contributed by atoms with Crippen molar-refractivity contribution in [3.63, 3.8) is 0 Å². The maximum absolute atomic E-state index is 13.6. The Balaban J connectivity index is 2.19. The lowest BCUT2D eigenvalue weighted by molar-refractivity contribution is 0.0935. The number of benzene rings is 2. The second-order valence-corrected chi connectivity index (χ2v) is 4.56. The number of carbonyl (C=O) groups excluding carboxylic acids is 1. The number of para-hydroxylation sites is 1. The zero-order chi connectivity index (χ0) is 15.4. The molecule has 0 spiro atoms. The molecular weight excluding hydrogens is 276 g/mol. The van der Waals surface area contributed by atoms with E-state index in [4.69, 9.17) is 4.74 Å². The molecule has 0 radical (unpaired) electrons. The maximum Gasteiger partial charge on any atom is 0.254 e. The Bertz CT molecular complexity index is 658. The number of rotatable bonds is 4. The summed E-state index contributed by atoms with van der Waals surface area (Å²) in [6.45, 7) is 1.76. The minimum Gasteiger partial charge on any atom is -0.496 e. The highest BCUT2D eigenvalue weighted by molar-refractivity contribution is 5.94. The zero-order valence-electron chi connectivity index (χ0n) is 11.7. The van der Waals surface area contributed by atoms with E-state index in [1.165, 1.54) is 7.11 Å². The summed E-state index contributed by atoms with van der Waals surface area (Å²) in [6.07, 6.45) is 0. The molecule has 5 heteroatoms. The van der Waals surface area contributed by atoms with Crippen LogP contribution in [0.5, 0.6) is 5.75 Å². The number of methoxy groups -OCH3 is 1. The van der Waals surface area contributed by atoms with Crippen LogP contribution in [0.25, 0.3) is 0 Å². The van der Waals surface area contributed by atoms with Gasteiger partial charge in [0, 0.05) is 11.6 Å². The first kappa shape index (κ1) is 15.0. The van der Waals surface area contributed by atoms with E-state index in [1.807, 2.05) is 18.2 Å². The number of halogens is 2. The number of carbonyl (C=O) groups is 1. The van der Waals surface area contributed by atoms with Crippen molar-refractivity contribution in [3.05, 3.63) is 65.2 Å². The van der Waals surface area contributed by atoms with Crippen molar-refractivity contribution >= 4 is 5.91 Å². The highest BCUT2D eigenvalue weighted by atomic mass is 19.1. The summed E-state index contributed by atoms with van der Waals surface area (Å²) in [4.78, 5) is 12.0. The van der Waals surface area contributed by atoms with Crippen molar-refractivity contribution in [1.82, 2.24) is 5.32 Å². The highest BCUT2D eigenvalue weighted by Gasteiger charge is 2.17. The minimum absolute atomic E-state index is 0.196. The Kier molecular flexibility index (Phi) is 4.52. The Labute approximate surface area is 121 Å². The molecule has 1 atom stereocenters.